The monoisotopic (exact) mass is 283 g/mol. The Bertz CT molecular complexity index is 863. The Hall–Kier alpha value is -2.82. The molecule has 3 aromatic rings. The third kappa shape index (κ3) is 2.33. The Balaban J connectivity index is 2.07. The van der Waals surface area contributed by atoms with Crippen LogP contribution in [0, 0.1) is 6.92 Å². The summed E-state index contributed by atoms with van der Waals surface area (Å²) in [5, 5.41) is 12.7. The third-order valence-corrected chi connectivity index (χ3v) is 3.36. The van der Waals surface area contributed by atoms with Crippen LogP contribution in [-0.4, -0.2) is 23.5 Å². The molecule has 0 aliphatic rings. The first-order valence-electron chi connectivity index (χ1n) is 6.48. The number of aryl methyl sites for hydroxylation is 1. The fourth-order valence-electron chi connectivity index (χ4n) is 2.34. The standard InChI is InChI=1S/C16H13NO4/c1-9-3-2-4-11-12-7-10(16(20)17-8-14(18)19)5-6-13(12)21-15(9)11/h2-7H,8H2,1H3,(H,17,20)(H,18,19). The largest absolute Gasteiger partial charge is 0.480 e. The van der Waals surface area contributed by atoms with E-state index in [0.717, 1.165) is 21.9 Å². The minimum atomic E-state index is -1.08. The molecule has 5 heteroatoms. The zero-order valence-electron chi connectivity index (χ0n) is 11.3. The zero-order chi connectivity index (χ0) is 15.0. The summed E-state index contributed by atoms with van der Waals surface area (Å²) in [7, 11) is 0. The van der Waals surface area contributed by atoms with Gasteiger partial charge in [0.25, 0.3) is 5.91 Å². The van der Waals surface area contributed by atoms with Crippen LogP contribution in [0.2, 0.25) is 0 Å². The van der Waals surface area contributed by atoms with Gasteiger partial charge in [0, 0.05) is 16.3 Å². The van der Waals surface area contributed by atoms with Gasteiger partial charge in [-0.1, -0.05) is 18.2 Å². The van der Waals surface area contributed by atoms with Crippen molar-refractivity contribution in [3.63, 3.8) is 0 Å². The highest BCUT2D eigenvalue weighted by atomic mass is 16.4. The molecule has 0 spiro atoms. The first-order valence-corrected chi connectivity index (χ1v) is 6.48. The van der Waals surface area contributed by atoms with Gasteiger partial charge in [-0.25, -0.2) is 0 Å². The molecule has 0 aliphatic heterocycles. The molecular weight excluding hydrogens is 270 g/mol. The number of para-hydroxylation sites is 1. The maximum atomic E-state index is 11.9. The lowest BCUT2D eigenvalue weighted by Crippen LogP contribution is -2.29. The van der Waals surface area contributed by atoms with Crippen LogP contribution in [0.5, 0.6) is 0 Å². The summed E-state index contributed by atoms with van der Waals surface area (Å²) in [6, 6.07) is 10.9. The Morgan fingerprint density at radius 3 is 2.76 bits per heavy atom. The molecule has 21 heavy (non-hydrogen) atoms. The topological polar surface area (TPSA) is 79.5 Å². The van der Waals surface area contributed by atoms with Crippen molar-refractivity contribution >= 4 is 33.8 Å². The highest BCUT2D eigenvalue weighted by Crippen LogP contribution is 2.31. The van der Waals surface area contributed by atoms with Gasteiger partial charge >= 0.3 is 5.97 Å². The lowest BCUT2D eigenvalue weighted by Gasteiger charge is -2.02. The molecule has 0 saturated carbocycles. The van der Waals surface area contributed by atoms with Crippen LogP contribution >= 0.6 is 0 Å². The molecule has 0 saturated heterocycles. The van der Waals surface area contributed by atoms with Gasteiger partial charge in [0.05, 0.1) is 0 Å². The molecule has 0 bridgehead atoms. The number of carboxylic acids is 1. The van der Waals surface area contributed by atoms with Crippen LogP contribution in [0.3, 0.4) is 0 Å². The van der Waals surface area contributed by atoms with Crippen molar-refractivity contribution in [2.75, 3.05) is 6.54 Å². The predicted octanol–water partition coefficient (Wildman–Crippen LogP) is 2.71. The summed E-state index contributed by atoms with van der Waals surface area (Å²) in [6.45, 7) is 1.56. The van der Waals surface area contributed by atoms with E-state index in [1.807, 2.05) is 25.1 Å². The van der Waals surface area contributed by atoms with E-state index in [2.05, 4.69) is 5.32 Å². The molecule has 0 unspecified atom stereocenters. The predicted molar refractivity (Wildman–Crippen MR) is 78.4 cm³/mol. The summed E-state index contributed by atoms with van der Waals surface area (Å²) < 4.78 is 5.79. The lowest BCUT2D eigenvalue weighted by molar-refractivity contribution is -0.135. The van der Waals surface area contributed by atoms with Crippen LogP contribution in [0.1, 0.15) is 15.9 Å². The maximum absolute atomic E-state index is 11.9. The second kappa shape index (κ2) is 4.94. The average molecular weight is 283 g/mol. The van der Waals surface area contributed by atoms with Crippen molar-refractivity contribution in [2.45, 2.75) is 6.92 Å². The number of hydrogen-bond donors (Lipinski definition) is 2. The molecule has 2 aromatic carbocycles. The van der Waals surface area contributed by atoms with Crippen molar-refractivity contribution < 1.29 is 19.1 Å². The summed E-state index contributed by atoms with van der Waals surface area (Å²) in [6.07, 6.45) is 0. The SMILES string of the molecule is Cc1cccc2c1oc1ccc(C(=O)NCC(=O)O)cc12. The molecule has 5 nitrogen and oxygen atoms in total. The average Bonchev–Trinajstić information content (AvgIpc) is 2.84. The maximum Gasteiger partial charge on any atom is 0.322 e. The number of benzene rings is 2. The molecule has 0 radical (unpaired) electrons. The van der Waals surface area contributed by atoms with Gasteiger partial charge in [-0.2, -0.15) is 0 Å². The van der Waals surface area contributed by atoms with E-state index in [9.17, 15) is 9.59 Å². The quantitative estimate of drug-likeness (QED) is 0.774. The first-order chi connectivity index (χ1) is 10.1. The number of hydrogen-bond acceptors (Lipinski definition) is 3. The van der Waals surface area contributed by atoms with E-state index in [-0.39, 0.29) is 0 Å². The van der Waals surface area contributed by atoms with Crippen LogP contribution in [-0.2, 0) is 4.79 Å². The Morgan fingerprint density at radius 2 is 2.00 bits per heavy atom. The number of carbonyl (C=O) groups is 2. The fraction of sp³-hybridized carbons (Fsp3) is 0.125. The number of rotatable bonds is 3. The molecule has 1 heterocycles. The van der Waals surface area contributed by atoms with Crippen molar-refractivity contribution in [2.24, 2.45) is 0 Å². The van der Waals surface area contributed by atoms with Gasteiger partial charge in [0.2, 0.25) is 0 Å². The van der Waals surface area contributed by atoms with Crippen LogP contribution < -0.4 is 5.32 Å². The molecule has 0 aliphatic carbocycles. The molecule has 1 amide bonds. The highest BCUT2D eigenvalue weighted by Gasteiger charge is 2.12. The van der Waals surface area contributed by atoms with Gasteiger partial charge < -0.3 is 14.8 Å². The van der Waals surface area contributed by atoms with Crippen molar-refractivity contribution in [1.82, 2.24) is 5.32 Å². The fourth-order valence-corrected chi connectivity index (χ4v) is 2.34. The molecule has 0 atom stereocenters. The first kappa shape index (κ1) is 13.2. The van der Waals surface area contributed by atoms with Crippen molar-refractivity contribution in [1.29, 1.82) is 0 Å². The van der Waals surface area contributed by atoms with E-state index < -0.39 is 18.4 Å². The molecule has 106 valence electrons. The van der Waals surface area contributed by atoms with Gasteiger partial charge in [-0.15, -0.1) is 0 Å². The smallest absolute Gasteiger partial charge is 0.322 e. The van der Waals surface area contributed by atoms with E-state index in [1.165, 1.54) is 0 Å². The Morgan fingerprint density at radius 1 is 1.19 bits per heavy atom. The van der Waals surface area contributed by atoms with Crippen molar-refractivity contribution in [3.05, 3.63) is 47.5 Å². The van der Waals surface area contributed by atoms with Crippen LogP contribution in [0.4, 0.5) is 0 Å². The molecule has 1 aromatic heterocycles. The number of carboxylic acid groups (broad SMARTS) is 1. The lowest BCUT2D eigenvalue weighted by atomic mass is 10.1. The minimum absolute atomic E-state index is 0.401. The highest BCUT2D eigenvalue weighted by molar-refractivity contribution is 6.09. The molecule has 3 rings (SSSR count). The van der Waals surface area contributed by atoms with Gasteiger partial charge in [-0.05, 0) is 30.7 Å². The Labute approximate surface area is 120 Å². The number of aliphatic carboxylic acids is 1. The van der Waals surface area contributed by atoms with Gasteiger partial charge in [0.15, 0.2) is 0 Å². The molecular formula is C16H13NO4. The summed E-state index contributed by atoms with van der Waals surface area (Å²) in [4.78, 5) is 22.4. The number of amides is 1. The molecule has 2 N–H and O–H groups in total. The van der Waals surface area contributed by atoms with E-state index in [4.69, 9.17) is 9.52 Å². The normalized spacial score (nSPS) is 10.9. The summed E-state index contributed by atoms with van der Waals surface area (Å²) >= 11 is 0. The minimum Gasteiger partial charge on any atom is -0.480 e. The van der Waals surface area contributed by atoms with Gasteiger partial charge in [0.1, 0.15) is 17.7 Å². The summed E-state index contributed by atoms with van der Waals surface area (Å²) in [5.74, 6) is -1.49. The number of nitrogens with one attached hydrogen (secondary N) is 1. The second-order valence-electron chi connectivity index (χ2n) is 4.84. The second-order valence-corrected chi connectivity index (χ2v) is 4.84. The Kier molecular flexibility index (Phi) is 3.10. The van der Waals surface area contributed by atoms with Crippen molar-refractivity contribution in [3.8, 4) is 0 Å². The van der Waals surface area contributed by atoms with E-state index in [0.29, 0.717) is 11.1 Å². The van der Waals surface area contributed by atoms with Crippen LogP contribution in [0.25, 0.3) is 21.9 Å². The number of carbonyl (C=O) groups excluding carboxylic acids is 1. The van der Waals surface area contributed by atoms with E-state index >= 15 is 0 Å². The van der Waals surface area contributed by atoms with E-state index in [1.54, 1.807) is 18.2 Å². The zero-order valence-corrected chi connectivity index (χ0v) is 11.3. The third-order valence-electron chi connectivity index (χ3n) is 3.36. The van der Waals surface area contributed by atoms with Gasteiger partial charge in [-0.3, -0.25) is 9.59 Å². The summed E-state index contributed by atoms with van der Waals surface area (Å²) in [5.41, 5.74) is 2.94. The molecule has 0 fully saturated rings. The number of furan rings is 1. The number of fused-ring (bicyclic) bond motifs is 3. The van der Waals surface area contributed by atoms with Crippen LogP contribution in [0.15, 0.2) is 40.8 Å².